The molecule has 0 spiro atoms. The SMILES string of the molecule is CCC(CCc1cccnc1)=C(c1ccc(O)cc1)c1ccc(O)cc1. The van der Waals surface area contributed by atoms with E-state index in [0.717, 1.165) is 36.0 Å². The molecule has 0 amide bonds. The molecule has 0 atom stereocenters. The topological polar surface area (TPSA) is 53.4 Å². The molecule has 2 aromatic carbocycles. The van der Waals surface area contributed by atoms with Gasteiger partial charge in [0.25, 0.3) is 0 Å². The van der Waals surface area contributed by atoms with Crippen molar-refractivity contribution in [2.45, 2.75) is 26.2 Å². The Labute approximate surface area is 154 Å². The van der Waals surface area contributed by atoms with Gasteiger partial charge in [-0.25, -0.2) is 0 Å². The summed E-state index contributed by atoms with van der Waals surface area (Å²) in [5.41, 5.74) is 5.85. The van der Waals surface area contributed by atoms with Crippen LogP contribution >= 0.6 is 0 Å². The second-order valence-electron chi connectivity index (χ2n) is 6.29. The number of benzene rings is 2. The number of phenols is 2. The summed E-state index contributed by atoms with van der Waals surface area (Å²) < 4.78 is 0. The van der Waals surface area contributed by atoms with Gasteiger partial charge in [-0.15, -0.1) is 0 Å². The van der Waals surface area contributed by atoms with E-state index in [9.17, 15) is 10.2 Å². The van der Waals surface area contributed by atoms with Gasteiger partial charge in [-0.05, 0) is 71.9 Å². The van der Waals surface area contributed by atoms with Crippen LogP contribution in [0.1, 0.15) is 36.5 Å². The van der Waals surface area contributed by atoms with Crippen LogP contribution in [-0.4, -0.2) is 15.2 Å². The van der Waals surface area contributed by atoms with Crippen LogP contribution in [0.5, 0.6) is 11.5 Å². The van der Waals surface area contributed by atoms with Crippen LogP contribution < -0.4 is 0 Å². The van der Waals surface area contributed by atoms with E-state index in [1.807, 2.05) is 36.5 Å². The van der Waals surface area contributed by atoms with E-state index in [0.29, 0.717) is 0 Å². The Morgan fingerprint density at radius 1 is 0.846 bits per heavy atom. The van der Waals surface area contributed by atoms with Crippen LogP contribution in [0.4, 0.5) is 0 Å². The fourth-order valence-electron chi connectivity index (χ4n) is 3.15. The van der Waals surface area contributed by atoms with Crippen molar-refractivity contribution >= 4 is 5.57 Å². The number of pyridine rings is 1. The zero-order chi connectivity index (χ0) is 18.4. The highest BCUT2D eigenvalue weighted by atomic mass is 16.3. The van der Waals surface area contributed by atoms with Crippen molar-refractivity contribution in [1.82, 2.24) is 4.98 Å². The number of allylic oxidation sites excluding steroid dienone is 1. The minimum absolute atomic E-state index is 0.257. The first kappa shape index (κ1) is 17.7. The lowest BCUT2D eigenvalue weighted by Crippen LogP contribution is -1.97. The number of hydrogen-bond donors (Lipinski definition) is 2. The molecule has 0 aliphatic heterocycles. The van der Waals surface area contributed by atoms with Crippen LogP contribution in [0.3, 0.4) is 0 Å². The maximum atomic E-state index is 9.64. The normalized spacial score (nSPS) is 10.5. The second kappa shape index (κ2) is 8.34. The molecule has 2 N–H and O–H groups in total. The van der Waals surface area contributed by atoms with Gasteiger partial charge in [-0.2, -0.15) is 0 Å². The van der Waals surface area contributed by atoms with Gasteiger partial charge < -0.3 is 10.2 Å². The number of aromatic nitrogens is 1. The summed E-state index contributed by atoms with van der Waals surface area (Å²) in [4.78, 5) is 4.20. The standard InChI is InChI=1S/C23H23NO2/c1-2-18(6-5-17-4-3-15-24-16-17)23(19-7-11-21(25)12-8-19)20-9-13-22(26)14-10-20/h3-4,7-16,25-26H,2,5-6H2,1H3. The Balaban J connectivity index is 2.02. The Kier molecular flexibility index (Phi) is 5.69. The van der Waals surface area contributed by atoms with Crippen LogP contribution in [0.15, 0.2) is 78.6 Å². The third-order valence-electron chi connectivity index (χ3n) is 4.53. The molecule has 3 heteroatoms. The number of nitrogens with zero attached hydrogens (tertiary/aromatic N) is 1. The molecule has 132 valence electrons. The summed E-state index contributed by atoms with van der Waals surface area (Å²) >= 11 is 0. The zero-order valence-corrected chi connectivity index (χ0v) is 14.9. The highest BCUT2D eigenvalue weighted by Gasteiger charge is 2.12. The minimum atomic E-state index is 0.257. The summed E-state index contributed by atoms with van der Waals surface area (Å²) in [5.74, 6) is 0.513. The minimum Gasteiger partial charge on any atom is -0.508 e. The highest BCUT2D eigenvalue weighted by Crippen LogP contribution is 2.32. The molecule has 3 aromatic rings. The summed E-state index contributed by atoms with van der Waals surface area (Å²) in [6.07, 6.45) is 6.49. The first-order chi connectivity index (χ1) is 12.7. The summed E-state index contributed by atoms with van der Waals surface area (Å²) in [5, 5.41) is 19.3. The summed E-state index contributed by atoms with van der Waals surface area (Å²) in [6.45, 7) is 2.17. The molecule has 0 saturated carbocycles. The van der Waals surface area contributed by atoms with Crippen molar-refractivity contribution < 1.29 is 10.2 Å². The van der Waals surface area contributed by atoms with Gasteiger partial charge in [-0.1, -0.05) is 42.8 Å². The quantitative estimate of drug-likeness (QED) is 0.634. The van der Waals surface area contributed by atoms with E-state index in [2.05, 4.69) is 18.0 Å². The van der Waals surface area contributed by atoms with E-state index >= 15 is 0 Å². The highest BCUT2D eigenvalue weighted by molar-refractivity contribution is 5.82. The molecule has 1 aromatic heterocycles. The van der Waals surface area contributed by atoms with Crippen molar-refractivity contribution in [3.8, 4) is 11.5 Å². The molecule has 3 nitrogen and oxygen atoms in total. The van der Waals surface area contributed by atoms with Crippen molar-refractivity contribution in [3.05, 3.63) is 95.3 Å². The predicted octanol–water partition coefficient (Wildman–Crippen LogP) is 5.34. The van der Waals surface area contributed by atoms with Crippen molar-refractivity contribution in [1.29, 1.82) is 0 Å². The summed E-state index contributed by atoms with van der Waals surface area (Å²) in [7, 11) is 0. The molecule has 0 radical (unpaired) electrons. The monoisotopic (exact) mass is 345 g/mol. The molecule has 26 heavy (non-hydrogen) atoms. The van der Waals surface area contributed by atoms with Gasteiger partial charge >= 0.3 is 0 Å². The van der Waals surface area contributed by atoms with E-state index < -0.39 is 0 Å². The Bertz CT molecular complexity index is 819. The molecule has 0 aliphatic rings. The number of aryl methyl sites for hydroxylation is 1. The van der Waals surface area contributed by atoms with Gasteiger partial charge in [0.15, 0.2) is 0 Å². The average molecular weight is 345 g/mol. The molecule has 0 fully saturated rings. The lowest BCUT2D eigenvalue weighted by Gasteiger charge is -2.16. The van der Waals surface area contributed by atoms with Crippen LogP contribution in [0, 0.1) is 0 Å². The zero-order valence-electron chi connectivity index (χ0n) is 14.9. The Morgan fingerprint density at radius 3 is 1.88 bits per heavy atom. The Hall–Kier alpha value is -3.07. The van der Waals surface area contributed by atoms with E-state index in [4.69, 9.17) is 0 Å². The van der Waals surface area contributed by atoms with Gasteiger partial charge in [-0.3, -0.25) is 4.98 Å². The van der Waals surface area contributed by atoms with E-state index in [-0.39, 0.29) is 11.5 Å². The maximum absolute atomic E-state index is 9.64. The number of aromatic hydroxyl groups is 2. The number of rotatable bonds is 6. The smallest absolute Gasteiger partial charge is 0.115 e. The molecule has 0 saturated heterocycles. The van der Waals surface area contributed by atoms with Crippen molar-refractivity contribution in [2.24, 2.45) is 0 Å². The molecule has 1 heterocycles. The van der Waals surface area contributed by atoms with E-state index in [1.165, 1.54) is 11.1 Å². The summed E-state index contributed by atoms with van der Waals surface area (Å²) in [6, 6.07) is 18.7. The van der Waals surface area contributed by atoms with Crippen LogP contribution in [0.2, 0.25) is 0 Å². The van der Waals surface area contributed by atoms with Crippen molar-refractivity contribution in [2.75, 3.05) is 0 Å². The van der Waals surface area contributed by atoms with E-state index in [1.54, 1.807) is 30.5 Å². The fourth-order valence-corrected chi connectivity index (χ4v) is 3.15. The lowest BCUT2D eigenvalue weighted by atomic mass is 9.89. The maximum Gasteiger partial charge on any atom is 0.115 e. The molecule has 0 bridgehead atoms. The first-order valence-corrected chi connectivity index (χ1v) is 8.87. The van der Waals surface area contributed by atoms with Gasteiger partial charge in [0, 0.05) is 12.4 Å². The number of hydrogen-bond acceptors (Lipinski definition) is 3. The third-order valence-corrected chi connectivity index (χ3v) is 4.53. The molecule has 0 unspecified atom stereocenters. The molecule has 3 rings (SSSR count). The second-order valence-corrected chi connectivity index (χ2v) is 6.29. The number of phenolic OH excluding ortho intramolecular Hbond substituents is 2. The molecular weight excluding hydrogens is 322 g/mol. The Morgan fingerprint density at radius 2 is 1.42 bits per heavy atom. The first-order valence-electron chi connectivity index (χ1n) is 8.87. The molecule has 0 aliphatic carbocycles. The molecular formula is C23H23NO2. The fraction of sp³-hybridized carbons (Fsp3) is 0.174. The third kappa shape index (κ3) is 4.31. The van der Waals surface area contributed by atoms with Crippen molar-refractivity contribution in [3.63, 3.8) is 0 Å². The van der Waals surface area contributed by atoms with Crippen LogP contribution in [-0.2, 0) is 6.42 Å². The van der Waals surface area contributed by atoms with Crippen LogP contribution in [0.25, 0.3) is 5.57 Å². The van der Waals surface area contributed by atoms with Gasteiger partial charge in [0.1, 0.15) is 11.5 Å². The average Bonchev–Trinajstić information content (AvgIpc) is 2.68. The van der Waals surface area contributed by atoms with Gasteiger partial charge in [0.05, 0.1) is 0 Å². The lowest BCUT2D eigenvalue weighted by molar-refractivity contribution is 0.475. The predicted molar refractivity (Wildman–Crippen MR) is 105 cm³/mol. The van der Waals surface area contributed by atoms with Gasteiger partial charge in [0.2, 0.25) is 0 Å². The largest absolute Gasteiger partial charge is 0.508 e.